The van der Waals surface area contributed by atoms with E-state index >= 15 is 0 Å². The minimum Gasteiger partial charge on any atom is -0.352 e. The van der Waals surface area contributed by atoms with Crippen molar-refractivity contribution in [1.29, 1.82) is 0 Å². The Balaban J connectivity index is 2.23. The summed E-state index contributed by atoms with van der Waals surface area (Å²) in [7, 11) is 1.88. The maximum Gasteiger partial charge on any atom is 0.150 e. The topological polar surface area (TPSA) is 29.0 Å². The molecule has 0 aromatic carbocycles. The molecular formula is C11H10Cl3N3S. The largest absolute Gasteiger partial charge is 0.352 e. The monoisotopic (exact) mass is 321 g/mol. The summed E-state index contributed by atoms with van der Waals surface area (Å²) >= 11 is 19.5. The first kappa shape index (κ1) is 13.9. The molecule has 2 aromatic heterocycles. The average molecular weight is 323 g/mol. The number of hydrogen-bond donors (Lipinski definition) is 0. The van der Waals surface area contributed by atoms with Crippen molar-refractivity contribution >= 4 is 52.0 Å². The van der Waals surface area contributed by atoms with Crippen LogP contribution in [0.15, 0.2) is 11.4 Å². The fourth-order valence-corrected chi connectivity index (χ4v) is 2.74. The van der Waals surface area contributed by atoms with Gasteiger partial charge in [0.05, 0.1) is 27.3 Å². The first-order valence-corrected chi connectivity index (χ1v) is 7.12. The Kier molecular flexibility index (Phi) is 4.33. The van der Waals surface area contributed by atoms with Crippen LogP contribution in [-0.2, 0) is 6.54 Å². The smallest absolute Gasteiger partial charge is 0.150 e. The second-order valence-electron chi connectivity index (χ2n) is 3.78. The number of anilines is 1. The number of hydrogen-bond acceptors (Lipinski definition) is 4. The highest BCUT2D eigenvalue weighted by molar-refractivity contribution is 7.09. The molecule has 0 bridgehead atoms. The molecule has 0 unspecified atom stereocenters. The van der Waals surface area contributed by atoms with Crippen LogP contribution in [0, 0.1) is 6.92 Å². The first-order valence-electron chi connectivity index (χ1n) is 5.11. The van der Waals surface area contributed by atoms with Gasteiger partial charge in [0, 0.05) is 12.4 Å². The van der Waals surface area contributed by atoms with Crippen molar-refractivity contribution in [2.75, 3.05) is 11.9 Å². The van der Waals surface area contributed by atoms with Gasteiger partial charge in [-0.25, -0.2) is 9.97 Å². The molecule has 2 aromatic rings. The summed E-state index contributed by atoms with van der Waals surface area (Å²) in [6.45, 7) is 2.59. The summed E-state index contributed by atoms with van der Waals surface area (Å²) in [5.74, 6) is 0.594. The third kappa shape index (κ3) is 3.06. The van der Waals surface area contributed by atoms with Crippen molar-refractivity contribution in [3.63, 3.8) is 0 Å². The summed E-state index contributed by atoms with van der Waals surface area (Å²) in [5, 5.41) is 4.11. The molecule has 7 heteroatoms. The minimum atomic E-state index is 0.248. The fraction of sp³-hybridized carbons (Fsp3) is 0.273. The zero-order chi connectivity index (χ0) is 13.3. The van der Waals surface area contributed by atoms with E-state index < -0.39 is 0 Å². The molecule has 0 radical (unpaired) electrons. The Morgan fingerprint density at radius 2 is 1.94 bits per heavy atom. The summed E-state index contributed by atoms with van der Waals surface area (Å²) < 4.78 is 0. The molecule has 2 heterocycles. The Morgan fingerprint density at radius 3 is 2.56 bits per heavy atom. The molecule has 2 rings (SSSR count). The van der Waals surface area contributed by atoms with Gasteiger partial charge in [0.25, 0.3) is 0 Å². The fourth-order valence-electron chi connectivity index (χ4n) is 1.50. The number of nitrogens with zero attached hydrogens (tertiary/aromatic N) is 3. The van der Waals surface area contributed by atoms with E-state index in [1.165, 1.54) is 0 Å². The third-order valence-corrected chi connectivity index (χ3v) is 4.07. The predicted octanol–water partition coefficient (Wildman–Crippen LogP) is 4.44. The molecule has 3 nitrogen and oxygen atoms in total. The van der Waals surface area contributed by atoms with E-state index in [9.17, 15) is 0 Å². The van der Waals surface area contributed by atoms with Gasteiger partial charge in [-0.15, -0.1) is 11.3 Å². The van der Waals surface area contributed by atoms with Gasteiger partial charge in [0.2, 0.25) is 0 Å². The number of pyridine rings is 1. The van der Waals surface area contributed by atoms with Crippen LogP contribution in [0.3, 0.4) is 0 Å². The van der Waals surface area contributed by atoms with Crippen molar-refractivity contribution in [1.82, 2.24) is 9.97 Å². The molecule has 0 N–H and O–H groups in total. The molecule has 0 aliphatic heterocycles. The van der Waals surface area contributed by atoms with Gasteiger partial charge in [-0.05, 0) is 13.0 Å². The standard InChI is InChI=1S/C11H10Cl3N3S/c1-6-15-7(5-18-6)4-17(2)11-9(13)3-8(12)10(14)16-11/h3,5H,4H2,1-2H3. The summed E-state index contributed by atoms with van der Waals surface area (Å²) in [4.78, 5) is 10.5. The number of aryl methyl sites for hydroxylation is 1. The van der Waals surface area contributed by atoms with Crippen LogP contribution in [-0.4, -0.2) is 17.0 Å². The molecule has 0 aliphatic carbocycles. The van der Waals surface area contributed by atoms with E-state index in [0.29, 0.717) is 22.4 Å². The van der Waals surface area contributed by atoms with Crippen LogP contribution in [0.5, 0.6) is 0 Å². The number of rotatable bonds is 3. The van der Waals surface area contributed by atoms with Gasteiger partial charge in [0.1, 0.15) is 11.0 Å². The Hall–Kier alpha value is -0.550. The van der Waals surface area contributed by atoms with E-state index in [2.05, 4.69) is 9.97 Å². The summed E-state index contributed by atoms with van der Waals surface area (Å²) in [6, 6.07) is 1.59. The first-order chi connectivity index (χ1) is 8.47. The molecule has 0 atom stereocenters. The van der Waals surface area contributed by atoms with Crippen LogP contribution < -0.4 is 4.90 Å². The van der Waals surface area contributed by atoms with Crippen LogP contribution >= 0.6 is 46.1 Å². The maximum absolute atomic E-state index is 6.10. The zero-order valence-electron chi connectivity index (χ0n) is 9.75. The van der Waals surface area contributed by atoms with E-state index in [1.54, 1.807) is 17.4 Å². The number of aromatic nitrogens is 2. The quantitative estimate of drug-likeness (QED) is 0.782. The van der Waals surface area contributed by atoms with Crippen LogP contribution in [0.4, 0.5) is 5.82 Å². The van der Waals surface area contributed by atoms with Crippen LogP contribution in [0.1, 0.15) is 10.7 Å². The van der Waals surface area contributed by atoms with Crippen molar-refractivity contribution in [3.05, 3.63) is 37.3 Å². The Labute approximate surface area is 124 Å². The molecule has 0 saturated heterocycles. The van der Waals surface area contributed by atoms with Crippen LogP contribution in [0.2, 0.25) is 15.2 Å². The van der Waals surface area contributed by atoms with Gasteiger partial charge in [-0.2, -0.15) is 0 Å². The average Bonchev–Trinajstić information content (AvgIpc) is 2.69. The second kappa shape index (κ2) is 5.61. The molecule has 0 fully saturated rings. The lowest BCUT2D eigenvalue weighted by Crippen LogP contribution is -2.18. The van der Waals surface area contributed by atoms with E-state index in [0.717, 1.165) is 10.7 Å². The lowest BCUT2D eigenvalue weighted by molar-refractivity contribution is 0.871. The van der Waals surface area contributed by atoms with E-state index in [-0.39, 0.29) is 5.15 Å². The van der Waals surface area contributed by atoms with E-state index in [1.807, 2.05) is 24.3 Å². The third-order valence-electron chi connectivity index (χ3n) is 2.30. The number of thiazole rings is 1. The van der Waals surface area contributed by atoms with Gasteiger partial charge >= 0.3 is 0 Å². The van der Waals surface area contributed by atoms with E-state index in [4.69, 9.17) is 34.8 Å². The SMILES string of the molecule is Cc1nc(CN(C)c2nc(Cl)c(Cl)cc2Cl)cs1. The maximum atomic E-state index is 6.10. The molecule has 0 spiro atoms. The second-order valence-corrected chi connectivity index (χ2v) is 6.01. The summed E-state index contributed by atoms with van der Waals surface area (Å²) in [5.41, 5.74) is 0.976. The molecule has 96 valence electrons. The lowest BCUT2D eigenvalue weighted by atomic mass is 10.4. The highest BCUT2D eigenvalue weighted by Gasteiger charge is 2.13. The van der Waals surface area contributed by atoms with Gasteiger partial charge in [0.15, 0.2) is 0 Å². The highest BCUT2D eigenvalue weighted by atomic mass is 35.5. The van der Waals surface area contributed by atoms with Gasteiger partial charge in [-0.3, -0.25) is 0 Å². The Bertz CT molecular complexity index is 571. The van der Waals surface area contributed by atoms with Crippen molar-refractivity contribution in [2.45, 2.75) is 13.5 Å². The molecule has 18 heavy (non-hydrogen) atoms. The molecule has 0 saturated carbocycles. The van der Waals surface area contributed by atoms with Crippen LogP contribution in [0.25, 0.3) is 0 Å². The number of halogens is 3. The predicted molar refractivity (Wildman–Crippen MR) is 78.2 cm³/mol. The van der Waals surface area contributed by atoms with Gasteiger partial charge < -0.3 is 4.90 Å². The van der Waals surface area contributed by atoms with Crippen molar-refractivity contribution in [3.8, 4) is 0 Å². The lowest BCUT2D eigenvalue weighted by Gasteiger charge is -2.18. The molecular weight excluding hydrogens is 313 g/mol. The Morgan fingerprint density at radius 1 is 1.22 bits per heavy atom. The normalized spacial score (nSPS) is 10.7. The molecule has 0 aliphatic rings. The molecule has 0 amide bonds. The summed E-state index contributed by atoms with van der Waals surface area (Å²) in [6.07, 6.45) is 0. The highest BCUT2D eigenvalue weighted by Crippen LogP contribution is 2.31. The zero-order valence-corrected chi connectivity index (χ0v) is 12.8. The van der Waals surface area contributed by atoms with Gasteiger partial charge in [-0.1, -0.05) is 34.8 Å². The van der Waals surface area contributed by atoms with Crippen molar-refractivity contribution < 1.29 is 0 Å². The van der Waals surface area contributed by atoms with Crippen molar-refractivity contribution in [2.24, 2.45) is 0 Å². The minimum absolute atomic E-state index is 0.248.